The van der Waals surface area contributed by atoms with Crippen molar-refractivity contribution in [3.05, 3.63) is 30.2 Å². The van der Waals surface area contributed by atoms with Crippen molar-refractivity contribution in [1.29, 1.82) is 0 Å². The molecule has 3 aliphatic rings. The zero-order chi connectivity index (χ0) is 21.5. The van der Waals surface area contributed by atoms with Crippen LogP contribution < -0.4 is 14.5 Å². The quantitative estimate of drug-likeness (QED) is 0.692. The molecule has 164 valence electrons. The van der Waals surface area contributed by atoms with Crippen LogP contribution in [0, 0.1) is 5.82 Å². The molecule has 0 radical (unpaired) electrons. The second kappa shape index (κ2) is 7.93. The largest absolute Gasteiger partial charge is 0.472 e. The molecule has 3 aliphatic heterocycles. The van der Waals surface area contributed by atoms with E-state index in [1.165, 1.54) is 17.2 Å². The number of rotatable bonds is 6. The van der Waals surface area contributed by atoms with Gasteiger partial charge in [-0.15, -0.1) is 4.37 Å². The number of nitrogens with zero attached hydrogens (tertiary/aromatic N) is 5. The molecule has 0 saturated carbocycles. The normalized spacial score (nSPS) is 24.8. The fraction of sp³-hybridized carbons (Fsp3) is 0.474. The molecule has 1 aromatic heterocycles. The van der Waals surface area contributed by atoms with Crippen molar-refractivity contribution in [3.63, 3.8) is 0 Å². The van der Waals surface area contributed by atoms with E-state index in [2.05, 4.69) is 8.75 Å². The van der Waals surface area contributed by atoms with Gasteiger partial charge < -0.3 is 24.4 Å². The fourth-order valence-electron chi connectivity index (χ4n) is 4.47. The molecular formula is C19H20FN5O5S. The maximum absolute atomic E-state index is 15.0. The number of likely N-dealkylation sites (tertiary alicyclic amines) is 1. The summed E-state index contributed by atoms with van der Waals surface area (Å²) in [6.45, 7) is 0.851. The van der Waals surface area contributed by atoms with Crippen LogP contribution in [0.5, 0.6) is 5.88 Å². The predicted molar refractivity (Wildman–Crippen MR) is 108 cm³/mol. The van der Waals surface area contributed by atoms with Crippen LogP contribution in [0.3, 0.4) is 0 Å². The molecule has 4 heterocycles. The number of carbonyl (C=O) groups excluding carboxylic acids is 2. The molecule has 2 amide bonds. The summed E-state index contributed by atoms with van der Waals surface area (Å²) in [6, 6.07) is 4.66. The number of cyclic esters (lactones) is 1. The molecule has 10 nitrogen and oxygen atoms in total. The van der Waals surface area contributed by atoms with Crippen molar-refractivity contribution in [3.8, 4) is 5.88 Å². The number of carbonyl (C=O) groups is 2. The minimum absolute atomic E-state index is 0.0133. The summed E-state index contributed by atoms with van der Waals surface area (Å²) in [5, 5.41) is 9.09. The number of aliphatic hydroxyl groups is 1. The molecule has 12 heteroatoms. The minimum Gasteiger partial charge on any atom is -0.472 e. The number of hydrogen-bond acceptors (Lipinski definition) is 9. The van der Waals surface area contributed by atoms with Gasteiger partial charge in [-0.25, -0.2) is 9.18 Å². The number of halogens is 1. The van der Waals surface area contributed by atoms with E-state index < -0.39 is 24.6 Å². The first-order chi connectivity index (χ1) is 15.0. The molecule has 31 heavy (non-hydrogen) atoms. The Kier molecular flexibility index (Phi) is 5.10. The Labute approximate surface area is 181 Å². The minimum atomic E-state index is -0.560. The van der Waals surface area contributed by atoms with Crippen molar-refractivity contribution in [2.45, 2.75) is 24.6 Å². The summed E-state index contributed by atoms with van der Waals surface area (Å²) in [5.41, 5.74) is 0.848. The topological polar surface area (TPSA) is 108 Å². The van der Waals surface area contributed by atoms with Crippen molar-refractivity contribution in [2.75, 3.05) is 42.6 Å². The van der Waals surface area contributed by atoms with E-state index in [1.54, 1.807) is 17.0 Å². The smallest absolute Gasteiger partial charge is 0.414 e. The van der Waals surface area contributed by atoms with Crippen LogP contribution in [-0.4, -0.2) is 81.8 Å². The highest BCUT2D eigenvalue weighted by Gasteiger charge is 2.45. The molecule has 1 aromatic carbocycles. The van der Waals surface area contributed by atoms with Gasteiger partial charge in [0.15, 0.2) is 6.10 Å². The van der Waals surface area contributed by atoms with Crippen LogP contribution in [0.25, 0.3) is 0 Å². The number of fused-ring (bicyclic) bond motifs is 2. The summed E-state index contributed by atoms with van der Waals surface area (Å²) >= 11 is 1.02. The highest BCUT2D eigenvalue weighted by molar-refractivity contribution is 6.99. The Morgan fingerprint density at radius 3 is 2.87 bits per heavy atom. The summed E-state index contributed by atoms with van der Waals surface area (Å²) in [6.07, 6.45) is 1.18. The average molecular weight is 449 g/mol. The van der Waals surface area contributed by atoms with Crippen molar-refractivity contribution >= 4 is 35.1 Å². The Morgan fingerprint density at radius 1 is 1.32 bits per heavy atom. The Hall–Kier alpha value is -2.99. The number of aliphatic hydroxyl groups excluding tert-OH is 1. The van der Waals surface area contributed by atoms with Gasteiger partial charge in [0.25, 0.3) is 0 Å². The SMILES string of the molecule is O=C1O[C@@H](COc2cnsn2)CN1c1ccc(N2CC3CC2CN3C(=O)CO)c(F)c1. The molecule has 5 rings (SSSR count). The summed E-state index contributed by atoms with van der Waals surface area (Å²) in [4.78, 5) is 29.0. The van der Waals surface area contributed by atoms with Gasteiger partial charge >= 0.3 is 6.09 Å². The maximum Gasteiger partial charge on any atom is 0.414 e. The van der Waals surface area contributed by atoms with E-state index in [0.29, 0.717) is 30.3 Å². The second-order valence-corrected chi connectivity index (χ2v) is 8.27. The van der Waals surface area contributed by atoms with Crippen LogP contribution in [0.15, 0.2) is 24.4 Å². The second-order valence-electron chi connectivity index (χ2n) is 7.71. The average Bonchev–Trinajstić information content (AvgIpc) is 3.55. The first-order valence-electron chi connectivity index (χ1n) is 9.88. The molecule has 1 N–H and O–H groups in total. The van der Waals surface area contributed by atoms with E-state index in [9.17, 15) is 14.0 Å². The Morgan fingerprint density at radius 2 is 2.19 bits per heavy atom. The highest BCUT2D eigenvalue weighted by Crippen LogP contribution is 2.37. The van der Waals surface area contributed by atoms with Gasteiger partial charge in [0.05, 0.1) is 35.7 Å². The van der Waals surface area contributed by atoms with Gasteiger partial charge in [0.2, 0.25) is 11.8 Å². The molecule has 2 bridgehead atoms. The Bertz CT molecular complexity index is 992. The third-order valence-corrected chi connectivity index (χ3v) is 6.34. The van der Waals surface area contributed by atoms with Gasteiger partial charge in [0, 0.05) is 19.1 Å². The maximum atomic E-state index is 15.0. The van der Waals surface area contributed by atoms with Gasteiger partial charge in [-0.05, 0) is 24.6 Å². The number of benzene rings is 1. The lowest BCUT2D eigenvalue weighted by molar-refractivity contribution is -0.135. The summed E-state index contributed by atoms with van der Waals surface area (Å²) < 4.78 is 33.5. The summed E-state index contributed by atoms with van der Waals surface area (Å²) in [5.74, 6) is -0.361. The molecule has 2 unspecified atom stereocenters. The third kappa shape index (κ3) is 3.65. The van der Waals surface area contributed by atoms with E-state index >= 15 is 0 Å². The van der Waals surface area contributed by atoms with Crippen LogP contribution in [0.1, 0.15) is 6.42 Å². The third-order valence-electron chi connectivity index (χ3n) is 5.88. The van der Waals surface area contributed by atoms with Crippen molar-refractivity contribution in [2.24, 2.45) is 0 Å². The standard InChI is InChI=1S/C19H20FN5O5S/c20-15-4-11(25-8-14(30-19(25)28)10-29-17-5-21-31-22-17)1-2-16(15)23-6-13-3-12(23)7-24(13)18(27)9-26/h1-2,4-5,12-14,26H,3,6-10H2/t12?,13?,14-/m1/s1. The van der Waals surface area contributed by atoms with E-state index in [4.69, 9.17) is 14.6 Å². The zero-order valence-corrected chi connectivity index (χ0v) is 17.2. The van der Waals surface area contributed by atoms with Gasteiger partial charge in [-0.1, -0.05) is 0 Å². The molecule has 0 aliphatic carbocycles. The monoisotopic (exact) mass is 449 g/mol. The highest BCUT2D eigenvalue weighted by atomic mass is 32.1. The number of anilines is 2. The number of hydrogen-bond donors (Lipinski definition) is 1. The molecule has 3 fully saturated rings. The van der Waals surface area contributed by atoms with Crippen LogP contribution in [0.2, 0.25) is 0 Å². The lowest BCUT2D eigenvalue weighted by Gasteiger charge is -2.35. The summed E-state index contributed by atoms with van der Waals surface area (Å²) in [7, 11) is 0. The van der Waals surface area contributed by atoms with Gasteiger partial charge in [-0.2, -0.15) is 4.37 Å². The molecule has 3 saturated heterocycles. The number of piperazine rings is 1. The van der Waals surface area contributed by atoms with E-state index in [0.717, 1.165) is 18.1 Å². The van der Waals surface area contributed by atoms with Crippen LogP contribution in [-0.2, 0) is 9.53 Å². The van der Waals surface area contributed by atoms with E-state index in [1.807, 2.05) is 4.90 Å². The van der Waals surface area contributed by atoms with Crippen molar-refractivity contribution in [1.82, 2.24) is 13.6 Å². The lowest BCUT2D eigenvalue weighted by Crippen LogP contribution is -2.49. The van der Waals surface area contributed by atoms with Crippen LogP contribution >= 0.6 is 11.7 Å². The predicted octanol–water partition coefficient (Wildman–Crippen LogP) is 0.863. The first-order valence-corrected chi connectivity index (χ1v) is 10.6. The first kappa shape index (κ1) is 19.9. The molecular weight excluding hydrogens is 429 g/mol. The van der Waals surface area contributed by atoms with Crippen LogP contribution in [0.4, 0.5) is 20.6 Å². The molecule has 0 spiro atoms. The van der Waals surface area contributed by atoms with Gasteiger partial charge in [0.1, 0.15) is 25.2 Å². The molecule has 2 aromatic rings. The fourth-order valence-corrected chi connectivity index (χ4v) is 4.84. The zero-order valence-electron chi connectivity index (χ0n) is 16.4. The van der Waals surface area contributed by atoms with Gasteiger partial charge in [-0.3, -0.25) is 9.69 Å². The Balaban J connectivity index is 1.24. The number of amides is 2. The van der Waals surface area contributed by atoms with Crippen molar-refractivity contribution < 1.29 is 28.6 Å². The molecule has 3 atom stereocenters. The number of aromatic nitrogens is 2. The lowest BCUT2D eigenvalue weighted by atomic mass is 10.2. The number of ether oxygens (including phenoxy) is 2. The van der Waals surface area contributed by atoms with E-state index in [-0.39, 0.29) is 31.1 Å².